The standard InChI is InChI=1S/C19H18BrN3OS/c1-13-5-6-17(25-13)19(24)23-11-9-22(10-12-23)16-7-8-21-18-14(16)3-2-4-15(18)20/h2-8H,9-12H2,1H3. The smallest absolute Gasteiger partial charge is 0.264 e. The molecule has 0 N–H and O–H groups in total. The number of aryl methyl sites for hydroxylation is 1. The first-order valence-corrected chi connectivity index (χ1v) is 9.88. The van der Waals surface area contributed by atoms with Gasteiger partial charge in [0.15, 0.2) is 0 Å². The summed E-state index contributed by atoms with van der Waals surface area (Å²) in [5, 5.41) is 1.14. The van der Waals surface area contributed by atoms with E-state index in [0.717, 1.165) is 46.4 Å². The molecule has 3 heterocycles. The van der Waals surface area contributed by atoms with Crippen LogP contribution in [0.1, 0.15) is 14.5 Å². The van der Waals surface area contributed by atoms with Crippen LogP contribution in [0.25, 0.3) is 10.9 Å². The summed E-state index contributed by atoms with van der Waals surface area (Å²) in [7, 11) is 0. The fraction of sp³-hybridized carbons (Fsp3) is 0.263. The number of para-hydroxylation sites is 1. The maximum absolute atomic E-state index is 12.6. The minimum Gasteiger partial charge on any atom is -0.367 e. The Morgan fingerprint density at radius 3 is 2.64 bits per heavy atom. The first kappa shape index (κ1) is 16.5. The lowest BCUT2D eigenvalue weighted by Gasteiger charge is -2.36. The lowest BCUT2D eigenvalue weighted by Crippen LogP contribution is -2.48. The second kappa shape index (κ2) is 6.77. The third-order valence-corrected chi connectivity index (χ3v) is 6.19. The van der Waals surface area contributed by atoms with E-state index < -0.39 is 0 Å². The Morgan fingerprint density at radius 2 is 1.92 bits per heavy atom. The molecule has 25 heavy (non-hydrogen) atoms. The molecule has 6 heteroatoms. The fourth-order valence-electron chi connectivity index (χ4n) is 3.26. The SMILES string of the molecule is Cc1ccc(C(=O)N2CCN(c3ccnc4c(Br)cccc34)CC2)s1. The molecule has 0 bridgehead atoms. The van der Waals surface area contributed by atoms with Crippen LogP contribution in [-0.4, -0.2) is 42.0 Å². The van der Waals surface area contributed by atoms with Gasteiger partial charge in [0.2, 0.25) is 0 Å². The molecule has 0 radical (unpaired) electrons. The molecular weight excluding hydrogens is 398 g/mol. The van der Waals surface area contributed by atoms with Crippen molar-refractivity contribution in [3.63, 3.8) is 0 Å². The van der Waals surface area contributed by atoms with Gasteiger partial charge in [-0.1, -0.05) is 12.1 Å². The number of carbonyl (C=O) groups excluding carboxylic acids is 1. The van der Waals surface area contributed by atoms with Gasteiger partial charge in [0, 0.05) is 52.8 Å². The number of fused-ring (bicyclic) bond motifs is 1. The number of nitrogens with zero attached hydrogens (tertiary/aromatic N) is 3. The second-order valence-electron chi connectivity index (χ2n) is 6.16. The fourth-order valence-corrected chi connectivity index (χ4v) is 4.56. The molecule has 0 unspecified atom stereocenters. The Labute approximate surface area is 159 Å². The summed E-state index contributed by atoms with van der Waals surface area (Å²) in [6.07, 6.45) is 1.86. The maximum atomic E-state index is 12.6. The number of piperazine rings is 1. The third-order valence-electron chi connectivity index (χ3n) is 4.56. The van der Waals surface area contributed by atoms with Crippen molar-refractivity contribution < 1.29 is 4.79 Å². The predicted molar refractivity (Wildman–Crippen MR) is 107 cm³/mol. The molecule has 128 valence electrons. The molecular formula is C19H18BrN3OS. The highest BCUT2D eigenvalue weighted by Crippen LogP contribution is 2.30. The molecule has 1 saturated heterocycles. The minimum absolute atomic E-state index is 0.153. The van der Waals surface area contributed by atoms with Gasteiger partial charge in [0.25, 0.3) is 5.91 Å². The number of pyridine rings is 1. The van der Waals surface area contributed by atoms with Crippen molar-refractivity contribution in [2.24, 2.45) is 0 Å². The molecule has 0 aliphatic carbocycles. The second-order valence-corrected chi connectivity index (χ2v) is 8.30. The number of aromatic nitrogens is 1. The van der Waals surface area contributed by atoms with Crippen LogP contribution >= 0.6 is 27.3 Å². The lowest BCUT2D eigenvalue weighted by atomic mass is 10.1. The number of thiophene rings is 1. The number of halogens is 1. The van der Waals surface area contributed by atoms with E-state index in [1.165, 1.54) is 10.6 Å². The van der Waals surface area contributed by atoms with Gasteiger partial charge in [-0.05, 0) is 47.1 Å². The molecule has 1 aromatic carbocycles. The summed E-state index contributed by atoms with van der Waals surface area (Å²) >= 11 is 5.15. The molecule has 1 amide bonds. The van der Waals surface area contributed by atoms with Crippen LogP contribution in [0.15, 0.2) is 47.1 Å². The quantitative estimate of drug-likeness (QED) is 0.624. The van der Waals surface area contributed by atoms with E-state index in [1.54, 1.807) is 11.3 Å². The van der Waals surface area contributed by atoms with E-state index in [0.29, 0.717) is 0 Å². The summed E-state index contributed by atoms with van der Waals surface area (Å²) in [6, 6.07) is 12.2. The molecule has 1 aliphatic heterocycles. The van der Waals surface area contributed by atoms with Gasteiger partial charge >= 0.3 is 0 Å². The van der Waals surface area contributed by atoms with Crippen molar-refractivity contribution >= 4 is 49.8 Å². The molecule has 0 spiro atoms. The number of carbonyl (C=O) groups is 1. The average Bonchev–Trinajstić information content (AvgIpc) is 3.08. The van der Waals surface area contributed by atoms with E-state index in [4.69, 9.17) is 0 Å². The highest BCUT2D eigenvalue weighted by atomic mass is 79.9. The van der Waals surface area contributed by atoms with Gasteiger partial charge in [-0.25, -0.2) is 0 Å². The lowest BCUT2D eigenvalue weighted by molar-refractivity contribution is 0.0752. The van der Waals surface area contributed by atoms with Crippen molar-refractivity contribution in [2.45, 2.75) is 6.92 Å². The molecule has 1 fully saturated rings. The van der Waals surface area contributed by atoms with E-state index >= 15 is 0 Å². The Kier molecular flexibility index (Phi) is 4.48. The molecule has 2 aromatic heterocycles. The van der Waals surface area contributed by atoms with Gasteiger partial charge in [0.05, 0.1) is 10.4 Å². The Balaban J connectivity index is 1.53. The highest BCUT2D eigenvalue weighted by molar-refractivity contribution is 9.10. The number of hydrogen-bond acceptors (Lipinski definition) is 4. The van der Waals surface area contributed by atoms with Gasteiger partial charge in [0.1, 0.15) is 0 Å². The topological polar surface area (TPSA) is 36.4 Å². The highest BCUT2D eigenvalue weighted by Gasteiger charge is 2.24. The number of amides is 1. The molecule has 3 aromatic rings. The van der Waals surface area contributed by atoms with Crippen LogP contribution in [-0.2, 0) is 0 Å². The van der Waals surface area contributed by atoms with Crippen molar-refractivity contribution in [3.05, 3.63) is 56.8 Å². The molecule has 4 rings (SSSR count). The van der Waals surface area contributed by atoms with E-state index in [-0.39, 0.29) is 5.91 Å². The average molecular weight is 416 g/mol. The summed E-state index contributed by atoms with van der Waals surface area (Å²) in [5.74, 6) is 0.153. The summed E-state index contributed by atoms with van der Waals surface area (Å²) < 4.78 is 1.01. The largest absolute Gasteiger partial charge is 0.367 e. The normalized spacial score (nSPS) is 15.0. The molecule has 4 nitrogen and oxygen atoms in total. The minimum atomic E-state index is 0.153. The van der Waals surface area contributed by atoms with Crippen molar-refractivity contribution in [3.8, 4) is 0 Å². The predicted octanol–water partition coefficient (Wildman–Crippen LogP) is 4.33. The van der Waals surface area contributed by atoms with Crippen LogP contribution < -0.4 is 4.90 Å². The van der Waals surface area contributed by atoms with Crippen LogP contribution in [0.3, 0.4) is 0 Å². The zero-order valence-corrected chi connectivity index (χ0v) is 16.3. The van der Waals surface area contributed by atoms with Crippen LogP contribution in [0.4, 0.5) is 5.69 Å². The van der Waals surface area contributed by atoms with E-state index in [2.05, 4.69) is 37.9 Å². The monoisotopic (exact) mass is 415 g/mol. The molecule has 1 aliphatic rings. The van der Waals surface area contributed by atoms with Crippen molar-refractivity contribution in [1.29, 1.82) is 0 Å². The van der Waals surface area contributed by atoms with Crippen LogP contribution in [0.2, 0.25) is 0 Å². The van der Waals surface area contributed by atoms with Gasteiger partial charge in [-0.2, -0.15) is 0 Å². The number of anilines is 1. The summed E-state index contributed by atoms with van der Waals surface area (Å²) in [4.78, 5) is 23.4. The number of benzene rings is 1. The van der Waals surface area contributed by atoms with Crippen LogP contribution in [0, 0.1) is 6.92 Å². The number of hydrogen-bond donors (Lipinski definition) is 0. The first-order chi connectivity index (χ1) is 12.1. The summed E-state index contributed by atoms with van der Waals surface area (Å²) in [6.45, 7) is 5.19. The van der Waals surface area contributed by atoms with Crippen molar-refractivity contribution in [1.82, 2.24) is 9.88 Å². The zero-order valence-electron chi connectivity index (χ0n) is 13.9. The van der Waals surface area contributed by atoms with Gasteiger partial charge in [-0.3, -0.25) is 9.78 Å². The molecule has 0 atom stereocenters. The molecule has 0 saturated carbocycles. The Morgan fingerprint density at radius 1 is 1.12 bits per heavy atom. The van der Waals surface area contributed by atoms with E-state index in [9.17, 15) is 4.79 Å². The van der Waals surface area contributed by atoms with Crippen LogP contribution in [0.5, 0.6) is 0 Å². The third kappa shape index (κ3) is 3.16. The number of rotatable bonds is 2. The van der Waals surface area contributed by atoms with E-state index in [1.807, 2.05) is 42.3 Å². The maximum Gasteiger partial charge on any atom is 0.264 e. The Hall–Kier alpha value is -1.92. The Bertz CT molecular complexity index is 931. The van der Waals surface area contributed by atoms with Gasteiger partial charge < -0.3 is 9.80 Å². The van der Waals surface area contributed by atoms with Gasteiger partial charge in [-0.15, -0.1) is 11.3 Å². The summed E-state index contributed by atoms with van der Waals surface area (Å²) in [5.41, 5.74) is 2.16. The first-order valence-electron chi connectivity index (χ1n) is 8.27. The zero-order chi connectivity index (χ0) is 17.4. The van der Waals surface area contributed by atoms with Crippen molar-refractivity contribution in [2.75, 3.05) is 31.1 Å².